The molecule has 1 aliphatic heterocycles. The maximum Gasteiger partial charge on any atom is 0.183 e. The summed E-state index contributed by atoms with van der Waals surface area (Å²) < 4.78 is 56.5. The number of benzene rings is 2. The lowest BCUT2D eigenvalue weighted by Crippen LogP contribution is -2.44. The highest BCUT2D eigenvalue weighted by atomic mass is 32.2. The van der Waals surface area contributed by atoms with E-state index in [1.165, 1.54) is 13.2 Å². The molecule has 0 aliphatic carbocycles. The quantitative estimate of drug-likeness (QED) is 0.558. The number of hydrogen-bond donors (Lipinski definition) is 2. The van der Waals surface area contributed by atoms with Crippen LogP contribution in [0.3, 0.4) is 0 Å². The van der Waals surface area contributed by atoms with Gasteiger partial charge in [0.15, 0.2) is 19.7 Å². The number of aryl methyl sites for hydroxylation is 1. The van der Waals surface area contributed by atoms with Gasteiger partial charge >= 0.3 is 0 Å². The number of methoxy groups -OCH3 is 1. The number of ether oxygens (including phenoxy) is 1. The molecule has 0 unspecified atom stereocenters. The molecule has 4 rings (SSSR count). The van der Waals surface area contributed by atoms with Gasteiger partial charge in [-0.1, -0.05) is 18.2 Å². The van der Waals surface area contributed by atoms with Crippen molar-refractivity contribution in [3.05, 3.63) is 59.8 Å². The molecular formula is C22H26N2O5S2. The lowest BCUT2D eigenvalue weighted by Gasteiger charge is -2.20. The van der Waals surface area contributed by atoms with Crippen molar-refractivity contribution in [3.63, 3.8) is 0 Å². The SMILES string of the molecule is COc1ccc(S(=O)(=O)[C@H]2CS(=O)(=O)C[C@@H]2NCCc2c[nH]c3ccccc23)cc1C. The third kappa shape index (κ3) is 4.35. The van der Waals surface area contributed by atoms with Crippen LogP contribution in [0.5, 0.6) is 5.75 Å². The Morgan fingerprint density at radius 3 is 2.68 bits per heavy atom. The number of sulfone groups is 2. The number of aromatic amines is 1. The molecule has 0 radical (unpaired) electrons. The normalized spacial score (nSPS) is 20.8. The molecule has 2 heterocycles. The van der Waals surface area contributed by atoms with Crippen LogP contribution in [0.1, 0.15) is 11.1 Å². The zero-order valence-corrected chi connectivity index (χ0v) is 19.1. The molecule has 0 spiro atoms. The summed E-state index contributed by atoms with van der Waals surface area (Å²) in [5.74, 6) is 0.0387. The van der Waals surface area contributed by atoms with Crippen molar-refractivity contribution >= 4 is 30.6 Å². The van der Waals surface area contributed by atoms with Crippen LogP contribution in [0.25, 0.3) is 10.9 Å². The molecule has 7 nitrogen and oxygen atoms in total. The number of rotatable bonds is 7. The number of para-hydroxylation sites is 1. The maximum atomic E-state index is 13.3. The van der Waals surface area contributed by atoms with Crippen molar-refractivity contribution in [1.29, 1.82) is 0 Å². The van der Waals surface area contributed by atoms with Gasteiger partial charge < -0.3 is 15.0 Å². The van der Waals surface area contributed by atoms with E-state index in [-0.39, 0.29) is 16.4 Å². The van der Waals surface area contributed by atoms with Gasteiger partial charge in [-0.3, -0.25) is 0 Å². The molecule has 9 heteroatoms. The summed E-state index contributed by atoms with van der Waals surface area (Å²) in [4.78, 5) is 3.34. The van der Waals surface area contributed by atoms with Gasteiger partial charge in [-0.25, -0.2) is 16.8 Å². The molecular weight excluding hydrogens is 436 g/mol. The van der Waals surface area contributed by atoms with Gasteiger partial charge in [0.1, 0.15) is 5.75 Å². The second kappa shape index (κ2) is 8.29. The van der Waals surface area contributed by atoms with Crippen LogP contribution in [-0.4, -0.2) is 58.3 Å². The summed E-state index contributed by atoms with van der Waals surface area (Å²) in [7, 11) is -5.76. The molecule has 2 N–H and O–H groups in total. The smallest absolute Gasteiger partial charge is 0.183 e. The minimum atomic E-state index is -3.83. The summed E-state index contributed by atoms with van der Waals surface area (Å²) in [6.07, 6.45) is 2.60. The summed E-state index contributed by atoms with van der Waals surface area (Å²) in [5, 5.41) is 3.30. The Morgan fingerprint density at radius 1 is 1.16 bits per heavy atom. The second-order valence-corrected chi connectivity index (χ2v) is 12.3. The van der Waals surface area contributed by atoms with E-state index in [1.807, 2.05) is 30.5 Å². The zero-order chi connectivity index (χ0) is 22.2. The van der Waals surface area contributed by atoms with Crippen molar-refractivity contribution in [2.75, 3.05) is 25.2 Å². The predicted molar refractivity (Wildman–Crippen MR) is 121 cm³/mol. The van der Waals surface area contributed by atoms with Crippen molar-refractivity contribution in [1.82, 2.24) is 10.3 Å². The fraction of sp³-hybridized carbons (Fsp3) is 0.364. The van der Waals surface area contributed by atoms with E-state index < -0.39 is 31.0 Å². The van der Waals surface area contributed by atoms with E-state index in [0.717, 1.165) is 16.5 Å². The van der Waals surface area contributed by atoms with Crippen molar-refractivity contribution in [2.45, 2.75) is 29.5 Å². The van der Waals surface area contributed by atoms with Crippen LogP contribution in [-0.2, 0) is 26.1 Å². The third-order valence-corrected chi connectivity index (χ3v) is 10.0. The largest absolute Gasteiger partial charge is 0.496 e. The number of nitrogens with one attached hydrogen (secondary N) is 2. The zero-order valence-electron chi connectivity index (χ0n) is 17.5. The highest BCUT2D eigenvalue weighted by molar-refractivity contribution is 7.96. The van der Waals surface area contributed by atoms with E-state index in [9.17, 15) is 16.8 Å². The lowest BCUT2D eigenvalue weighted by molar-refractivity contribution is 0.411. The lowest BCUT2D eigenvalue weighted by atomic mass is 10.1. The van der Waals surface area contributed by atoms with Gasteiger partial charge in [-0.05, 0) is 55.3 Å². The van der Waals surface area contributed by atoms with E-state index in [0.29, 0.717) is 24.3 Å². The molecule has 0 bridgehead atoms. The van der Waals surface area contributed by atoms with Crippen LogP contribution >= 0.6 is 0 Å². The number of hydrogen-bond acceptors (Lipinski definition) is 6. The minimum absolute atomic E-state index is 0.122. The first-order valence-electron chi connectivity index (χ1n) is 10.1. The standard InChI is InChI=1S/C22H26N2O5S2/c1-15-11-17(7-8-21(15)29-2)31(27,28)22-14-30(25,26)13-20(22)23-10-9-16-12-24-19-6-4-3-5-18(16)19/h3-8,11-12,20,22-24H,9-10,13-14H2,1-2H3/t20-,22-/m0/s1. The Kier molecular flexibility index (Phi) is 5.85. The molecule has 1 saturated heterocycles. The summed E-state index contributed by atoms with van der Waals surface area (Å²) >= 11 is 0. The van der Waals surface area contributed by atoms with Crippen LogP contribution in [0, 0.1) is 6.92 Å². The van der Waals surface area contributed by atoms with Crippen molar-refractivity contribution < 1.29 is 21.6 Å². The molecule has 166 valence electrons. The minimum Gasteiger partial charge on any atom is -0.496 e. The Hall–Kier alpha value is -2.36. The molecule has 1 aromatic heterocycles. The van der Waals surface area contributed by atoms with Gasteiger partial charge in [0.25, 0.3) is 0 Å². The summed E-state index contributed by atoms with van der Waals surface area (Å²) in [6, 6.07) is 11.9. The number of aromatic nitrogens is 1. The monoisotopic (exact) mass is 462 g/mol. The van der Waals surface area contributed by atoms with Crippen LogP contribution < -0.4 is 10.1 Å². The highest BCUT2D eigenvalue weighted by Gasteiger charge is 2.45. The third-order valence-electron chi connectivity index (χ3n) is 5.87. The topological polar surface area (TPSA) is 105 Å². The first-order valence-corrected chi connectivity index (χ1v) is 13.5. The average molecular weight is 463 g/mol. The van der Waals surface area contributed by atoms with Gasteiger partial charge in [0, 0.05) is 23.1 Å². The predicted octanol–water partition coefficient (Wildman–Crippen LogP) is 2.26. The Labute approximate surface area is 182 Å². The van der Waals surface area contributed by atoms with Crippen molar-refractivity contribution in [2.24, 2.45) is 0 Å². The molecule has 1 fully saturated rings. The molecule has 1 aliphatic rings. The van der Waals surface area contributed by atoms with E-state index >= 15 is 0 Å². The highest BCUT2D eigenvalue weighted by Crippen LogP contribution is 2.29. The average Bonchev–Trinajstić information content (AvgIpc) is 3.28. The Morgan fingerprint density at radius 2 is 1.94 bits per heavy atom. The molecule has 0 saturated carbocycles. The molecule has 31 heavy (non-hydrogen) atoms. The fourth-order valence-corrected chi connectivity index (χ4v) is 9.04. The van der Waals surface area contributed by atoms with Gasteiger partial charge in [-0.2, -0.15) is 0 Å². The summed E-state index contributed by atoms with van der Waals surface area (Å²) in [6.45, 7) is 2.25. The van der Waals surface area contributed by atoms with Crippen LogP contribution in [0.4, 0.5) is 0 Å². The van der Waals surface area contributed by atoms with Crippen LogP contribution in [0.2, 0.25) is 0 Å². The molecule has 2 aromatic carbocycles. The number of H-pyrrole nitrogens is 1. The molecule has 3 aromatic rings. The van der Waals surface area contributed by atoms with Crippen LogP contribution in [0.15, 0.2) is 53.6 Å². The number of fused-ring (bicyclic) bond motifs is 1. The first-order chi connectivity index (χ1) is 14.7. The Balaban J connectivity index is 1.53. The van der Waals surface area contributed by atoms with Crippen molar-refractivity contribution in [3.8, 4) is 5.75 Å². The van der Waals surface area contributed by atoms with E-state index in [4.69, 9.17) is 4.74 Å². The van der Waals surface area contributed by atoms with E-state index in [2.05, 4.69) is 10.3 Å². The molecule has 0 amide bonds. The maximum absolute atomic E-state index is 13.3. The van der Waals surface area contributed by atoms with Gasteiger partial charge in [0.2, 0.25) is 0 Å². The van der Waals surface area contributed by atoms with E-state index in [1.54, 1.807) is 19.1 Å². The van der Waals surface area contributed by atoms with Gasteiger partial charge in [0.05, 0.1) is 28.8 Å². The summed E-state index contributed by atoms with van der Waals surface area (Å²) in [5.41, 5.74) is 2.83. The fourth-order valence-electron chi connectivity index (χ4n) is 4.24. The molecule has 2 atom stereocenters. The second-order valence-electron chi connectivity index (χ2n) is 7.96. The Bertz CT molecular complexity index is 1310. The first kappa shape index (κ1) is 21.9. The van der Waals surface area contributed by atoms with Gasteiger partial charge in [-0.15, -0.1) is 0 Å².